The second-order valence-electron chi connectivity index (χ2n) is 4.01. The van der Waals surface area contributed by atoms with E-state index in [9.17, 15) is 0 Å². The summed E-state index contributed by atoms with van der Waals surface area (Å²) in [6.07, 6.45) is 1.24. The molecule has 1 atom stereocenters. The fourth-order valence-corrected chi connectivity index (χ4v) is 1.63. The maximum atomic E-state index is 5.39. The summed E-state index contributed by atoms with van der Waals surface area (Å²) in [6.45, 7) is 11.2. The van der Waals surface area contributed by atoms with Gasteiger partial charge in [-0.3, -0.25) is 4.90 Å². The molecule has 0 spiro atoms. The Hall–Kier alpha value is -0.120. The fourth-order valence-electron chi connectivity index (χ4n) is 1.63. The Bertz CT molecular complexity index is 135. The molecule has 1 saturated heterocycles. The molecule has 0 bridgehead atoms. The largest absolute Gasteiger partial charge is 0.381 e. The van der Waals surface area contributed by atoms with Gasteiger partial charge >= 0.3 is 0 Å². The van der Waals surface area contributed by atoms with Crippen molar-refractivity contribution in [1.29, 1.82) is 0 Å². The summed E-state index contributed by atoms with van der Waals surface area (Å²) in [5, 5.41) is 0. The van der Waals surface area contributed by atoms with Crippen LogP contribution in [-0.4, -0.2) is 51.0 Å². The van der Waals surface area contributed by atoms with Crippen LogP contribution in [0.2, 0.25) is 0 Å². The Balaban J connectivity index is 2.00. The van der Waals surface area contributed by atoms with Crippen molar-refractivity contribution in [3.05, 3.63) is 0 Å². The van der Waals surface area contributed by atoms with Crippen LogP contribution < -0.4 is 0 Å². The SMILES string of the molecule is CCOCC(C)CCN1CCOCC1. The summed E-state index contributed by atoms with van der Waals surface area (Å²) in [5.41, 5.74) is 0. The average molecular weight is 201 g/mol. The predicted molar refractivity (Wildman–Crippen MR) is 57.5 cm³/mol. The first-order valence-corrected chi connectivity index (χ1v) is 5.70. The van der Waals surface area contributed by atoms with Crippen LogP contribution in [0.5, 0.6) is 0 Å². The normalized spacial score (nSPS) is 21.0. The highest BCUT2D eigenvalue weighted by molar-refractivity contribution is 4.63. The lowest BCUT2D eigenvalue weighted by Crippen LogP contribution is -2.37. The van der Waals surface area contributed by atoms with Crippen molar-refractivity contribution in [2.75, 3.05) is 46.1 Å². The van der Waals surface area contributed by atoms with Gasteiger partial charge in [0.1, 0.15) is 0 Å². The second-order valence-corrected chi connectivity index (χ2v) is 4.01. The van der Waals surface area contributed by atoms with Crippen molar-refractivity contribution < 1.29 is 9.47 Å². The van der Waals surface area contributed by atoms with E-state index in [1.807, 2.05) is 0 Å². The maximum Gasteiger partial charge on any atom is 0.0594 e. The molecule has 0 saturated carbocycles. The molecule has 3 nitrogen and oxygen atoms in total. The van der Waals surface area contributed by atoms with Crippen LogP contribution in [0.15, 0.2) is 0 Å². The summed E-state index contributed by atoms with van der Waals surface area (Å²) in [5.74, 6) is 0.679. The molecule has 0 aliphatic carbocycles. The molecule has 0 aromatic carbocycles. The number of morpholine rings is 1. The lowest BCUT2D eigenvalue weighted by atomic mass is 10.1. The van der Waals surface area contributed by atoms with Crippen LogP contribution in [0.3, 0.4) is 0 Å². The van der Waals surface area contributed by atoms with Gasteiger partial charge in [-0.15, -0.1) is 0 Å². The number of rotatable bonds is 6. The Morgan fingerprint density at radius 2 is 2.07 bits per heavy atom. The fraction of sp³-hybridized carbons (Fsp3) is 1.00. The zero-order valence-electron chi connectivity index (χ0n) is 9.50. The van der Waals surface area contributed by atoms with E-state index < -0.39 is 0 Å². The van der Waals surface area contributed by atoms with Crippen molar-refractivity contribution in [3.8, 4) is 0 Å². The zero-order valence-corrected chi connectivity index (χ0v) is 9.50. The molecule has 1 heterocycles. The van der Waals surface area contributed by atoms with Gasteiger partial charge in [0.2, 0.25) is 0 Å². The number of ether oxygens (including phenoxy) is 2. The molecule has 0 radical (unpaired) electrons. The smallest absolute Gasteiger partial charge is 0.0594 e. The first kappa shape index (κ1) is 12.0. The van der Waals surface area contributed by atoms with Crippen LogP contribution in [0.1, 0.15) is 20.3 Å². The lowest BCUT2D eigenvalue weighted by Gasteiger charge is -2.27. The molecule has 1 rings (SSSR count). The minimum atomic E-state index is 0.679. The van der Waals surface area contributed by atoms with Crippen LogP contribution in [0.4, 0.5) is 0 Å². The molecule has 1 unspecified atom stereocenters. The van der Waals surface area contributed by atoms with Gasteiger partial charge in [0.05, 0.1) is 13.2 Å². The van der Waals surface area contributed by atoms with E-state index >= 15 is 0 Å². The average Bonchev–Trinajstić information content (AvgIpc) is 2.25. The van der Waals surface area contributed by atoms with Gasteiger partial charge in [-0.1, -0.05) is 6.92 Å². The minimum absolute atomic E-state index is 0.679. The first-order chi connectivity index (χ1) is 6.83. The maximum absolute atomic E-state index is 5.39. The van der Waals surface area contributed by atoms with E-state index in [1.54, 1.807) is 0 Å². The van der Waals surface area contributed by atoms with E-state index in [1.165, 1.54) is 13.0 Å². The molecular weight excluding hydrogens is 178 g/mol. The highest BCUT2D eigenvalue weighted by Gasteiger charge is 2.11. The molecule has 1 fully saturated rings. The summed E-state index contributed by atoms with van der Waals surface area (Å²) in [6, 6.07) is 0. The van der Waals surface area contributed by atoms with E-state index in [-0.39, 0.29) is 0 Å². The Kier molecular flexibility index (Phi) is 6.15. The molecule has 84 valence electrons. The molecule has 14 heavy (non-hydrogen) atoms. The second kappa shape index (κ2) is 7.21. The van der Waals surface area contributed by atoms with Crippen molar-refractivity contribution in [1.82, 2.24) is 4.90 Å². The van der Waals surface area contributed by atoms with Crippen LogP contribution >= 0.6 is 0 Å². The summed E-state index contributed by atoms with van der Waals surface area (Å²) in [4.78, 5) is 2.48. The Morgan fingerprint density at radius 1 is 1.36 bits per heavy atom. The summed E-state index contributed by atoms with van der Waals surface area (Å²) in [7, 11) is 0. The standard InChI is InChI=1S/C11H23NO2/c1-3-13-10-11(2)4-5-12-6-8-14-9-7-12/h11H,3-10H2,1-2H3. The monoisotopic (exact) mass is 201 g/mol. The Labute approximate surface area is 87.4 Å². The van der Waals surface area contributed by atoms with Crippen molar-refractivity contribution in [2.24, 2.45) is 5.92 Å². The quantitative estimate of drug-likeness (QED) is 0.648. The van der Waals surface area contributed by atoms with Gasteiger partial charge in [0.15, 0.2) is 0 Å². The van der Waals surface area contributed by atoms with E-state index in [0.717, 1.165) is 39.5 Å². The van der Waals surface area contributed by atoms with E-state index in [2.05, 4.69) is 18.7 Å². The summed E-state index contributed by atoms with van der Waals surface area (Å²) < 4.78 is 10.7. The highest BCUT2D eigenvalue weighted by Crippen LogP contribution is 2.06. The van der Waals surface area contributed by atoms with Crippen molar-refractivity contribution >= 4 is 0 Å². The third-order valence-corrected chi connectivity index (χ3v) is 2.65. The summed E-state index contributed by atoms with van der Waals surface area (Å²) >= 11 is 0. The van der Waals surface area contributed by atoms with Gasteiger partial charge in [0.25, 0.3) is 0 Å². The lowest BCUT2D eigenvalue weighted by molar-refractivity contribution is 0.0324. The van der Waals surface area contributed by atoms with Crippen LogP contribution in [0, 0.1) is 5.92 Å². The molecule has 0 aromatic heterocycles. The topological polar surface area (TPSA) is 21.7 Å². The Morgan fingerprint density at radius 3 is 2.71 bits per heavy atom. The van der Waals surface area contributed by atoms with Crippen molar-refractivity contribution in [3.63, 3.8) is 0 Å². The third-order valence-electron chi connectivity index (χ3n) is 2.65. The molecule has 3 heteroatoms. The predicted octanol–water partition coefficient (Wildman–Crippen LogP) is 1.38. The van der Waals surface area contributed by atoms with Gasteiger partial charge in [-0.2, -0.15) is 0 Å². The molecule has 0 aromatic rings. The molecular formula is C11H23NO2. The number of hydrogen-bond donors (Lipinski definition) is 0. The van der Waals surface area contributed by atoms with Gasteiger partial charge in [0, 0.05) is 26.3 Å². The molecule has 0 amide bonds. The molecule has 0 N–H and O–H groups in total. The first-order valence-electron chi connectivity index (χ1n) is 5.70. The van der Waals surface area contributed by atoms with Gasteiger partial charge in [-0.05, 0) is 25.8 Å². The van der Waals surface area contributed by atoms with Gasteiger partial charge in [-0.25, -0.2) is 0 Å². The highest BCUT2D eigenvalue weighted by atomic mass is 16.5. The number of nitrogens with zero attached hydrogens (tertiary/aromatic N) is 1. The van der Waals surface area contributed by atoms with Gasteiger partial charge < -0.3 is 9.47 Å². The molecule has 1 aliphatic heterocycles. The minimum Gasteiger partial charge on any atom is -0.381 e. The van der Waals surface area contributed by atoms with Crippen LogP contribution in [-0.2, 0) is 9.47 Å². The van der Waals surface area contributed by atoms with E-state index in [4.69, 9.17) is 9.47 Å². The van der Waals surface area contributed by atoms with Crippen molar-refractivity contribution in [2.45, 2.75) is 20.3 Å². The van der Waals surface area contributed by atoms with E-state index in [0.29, 0.717) is 5.92 Å². The molecule has 1 aliphatic rings. The number of hydrogen-bond acceptors (Lipinski definition) is 3. The zero-order chi connectivity index (χ0) is 10.2. The van der Waals surface area contributed by atoms with Crippen LogP contribution in [0.25, 0.3) is 0 Å². The third kappa shape index (κ3) is 4.94.